The van der Waals surface area contributed by atoms with Gasteiger partial charge in [-0.05, 0) is 19.1 Å². The molecule has 0 bridgehead atoms. The summed E-state index contributed by atoms with van der Waals surface area (Å²) in [6, 6.07) is 3.30. The number of carbonyl (C=O) groups excluding carboxylic acids is 1. The molecule has 20 heavy (non-hydrogen) atoms. The van der Waals surface area contributed by atoms with Crippen molar-refractivity contribution in [2.75, 3.05) is 6.61 Å². The van der Waals surface area contributed by atoms with E-state index in [1.165, 1.54) is 0 Å². The van der Waals surface area contributed by atoms with Crippen LogP contribution in [0.1, 0.15) is 37.7 Å². The van der Waals surface area contributed by atoms with Crippen LogP contribution in [0.4, 0.5) is 0 Å². The molecule has 1 saturated carbocycles. The number of rotatable bonds is 5. The summed E-state index contributed by atoms with van der Waals surface area (Å²) in [6.07, 6.45) is 1.72. The highest BCUT2D eigenvalue weighted by Gasteiger charge is 2.66. The molecular weight excluding hydrogens is 260 g/mol. The van der Waals surface area contributed by atoms with Crippen LogP contribution in [0, 0.1) is 5.41 Å². The molecule has 0 aliphatic heterocycles. The second-order valence-corrected chi connectivity index (χ2v) is 5.62. The minimum Gasteiger partial charge on any atom is -0.479 e. The van der Waals surface area contributed by atoms with Crippen LogP contribution in [0.5, 0.6) is 0 Å². The number of aromatic amines is 1. The average Bonchev–Trinajstić information content (AvgIpc) is 2.90. The lowest BCUT2D eigenvalue weighted by Crippen LogP contribution is -2.76. The first-order valence-corrected chi connectivity index (χ1v) is 6.66. The molecule has 0 spiro atoms. The summed E-state index contributed by atoms with van der Waals surface area (Å²) in [7, 11) is 0. The highest BCUT2D eigenvalue weighted by atomic mass is 16.5. The van der Waals surface area contributed by atoms with Crippen LogP contribution in [-0.4, -0.2) is 40.2 Å². The highest BCUT2D eigenvalue weighted by Crippen LogP contribution is 2.51. The van der Waals surface area contributed by atoms with Gasteiger partial charge in [-0.25, -0.2) is 4.79 Å². The maximum absolute atomic E-state index is 12.1. The molecule has 2 unspecified atom stereocenters. The number of H-pyrrole nitrogens is 1. The molecule has 0 radical (unpaired) electrons. The number of aromatic nitrogens is 1. The van der Waals surface area contributed by atoms with E-state index in [0.29, 0.717) is 12.3 Å². The van der Waals surface area contributed by atoms with E-state index in [2.05, 4.69) is 10.3 Å². The van der Waals surface area contributed by atoms with Gasteiger partial charge in [-0.2, -0.15) is 0 Å². The summed E-state index contributed by atoms with van der Waals surface area (Å²) >= 11 is 0. The Hall–Kier alpha value is -1.82. The first-order valence-electron chi connectivity index (χ1n) is 6.66. The monoisotopic (exact) mass is 280 g/mol. The summed E-state index contributed by atoms with van der Waals surface area (Å²) < 4.78 is 5.55. The lowest BCUT2D eigenvalue weighted by molar-refractivity contribution is -0.190. The second kappa shape index (κ2) is 4.94. The van der Waals surface area contributed by atoms with Gasteiger partial charge >= 0.3 is 5.97 Å². The third-order valence-electron chi connectivity index (χ3n) is 4.30. The Kier molecular flexibility index (Phi) is 3.60. The minimum absolute atomic E-state index is 0.174. The molecule has 110 valence electrons. The van der Waals surface area contributed by atoms with E-state index < -0.39 is 22.8 Å². The summed E-state index contributed by atoms with van der Waals surface area (Å²) in [4.78, 5) is 26.6. The van der Waals surface area contributed by atoms with Crippen LogP contribution in [0.15, 0.2) is 18.3 Å². The topological polar surface area (TPSA) is 91.4 Å². The predicted octanol–water partition coefficient (Wildman–Crippen LogP) is 1.40. The molecule has 1 fully saturated rings. The molecule has 1 heterocycles. The van der Waals surface area contributed by atoms with Crippen molar-refractivity contribution >= 4 is 11.9 Å². The zero-order chi connectivity index (χ0) is 15.0. The van der Waals surface area contributed by atoms with Crippen molar-refractivity contribution in [2.24, 2.45) is 5.41 Å². The number of carboxylic acid groups (broad SMARTS) is 1. The maximum Gasteiger partial charge on any atom is 0.330 e. The van der Waals surface area contributed by atoms with E-state index in [0.717, 1.165) is 0 Å². The van der Waals surface area contributed by atoms with Gasteiger partial charge in [0.2, 0.25) is 0 Å². The molecule has 6 heteroatoms. The fraction of sp³-hybridized carbons (Fsp3) is 0.571. The Morgan fingerprint density at radius 2 is 2.25 bits per heavy atom. The van der Waals surface area contributed by atoms with E-state index in [1.54, 1.807) is 32.2 Å². The van der Waals surface area contributed by atoms with Crippen molar-refractivity contribution in [3.05, 3.63) is 24.0 Å². The Bertz CT molecular complexity index is 509. The molecule has 2 atom stereocenters. The zero-order valence-corrected chi connectivity index (χ0v) is 11.9. The molecule has 1 aliphatic carbocycles. The van der Waals surface area contributed by atoms with Gasteiger partial charge in [0.1, 0.15) is 11.2 Å². The number of carboxylic acids is 1. The predicted molar refractivity (Wildman–Crippen MR) is 72.4 cm³/mol. The van der Waals surface area contributed by atoms with Crippen molar-refractivity contribution in [2.45, 2.75) is 38.8 Å². The highest BCUT2D eigenvalue weighted by molar-refractivity contribution is 5.97. The van der Waals surface area contributed by atoms with Gasteiger partial charge in [0.05, 0.1) is 6.10 Å². The number of nitrogens with one attached hydrogen (secondary N) is 2. The lowest BCUT2D eigenvalue weighted by atomic mass is 9.54. The number of aliphatic carboxylic acids is 1. The SMILES string of the molecule is CCOC1CC(NC(=O)c2ccc[nH]2)(C(=O)O)C1(C)C. The molecule has 2 rings (SSSR count). The van der Waals surface area contributed by atoms with E-state index >= 15 is 0 Å². The first kappa shape index (κ1) is 14.6. The fourth-order valence-electron chi connectivity index (χ4n) is 2.77. The third kappa shape index (κ3) is 2.00. The van der Waals surface area contributed by atoms with Crippen molar-refractivity contribution in [3.63, 3.8) is 0 Å². The largest absolute Gasteiger partial charge is 0.479 e. The van der Waals surface area contributed by atoms with E-state index in [4.69, 9.17) is 4.74 Å². The molecule has 1 aromatic heterocycles. The van der Waals surface area contributed by atoms with Gasteiger partial charge < -0.3 is 20.1 Å². The van der Waals surface area contributed by atoms with Crippen molar-refractivity contribution < 1.29 is 19.4 Å². The van der Waals surface area contributed by atoms with Gasteiger partial charge in [0.25, 0.3) is 5.91 Å². The molecule has 0 saturated heterocycles. The molecule has 6 nitrogen and oxygen atoms in total. The van der Waals surface area contributed by atoms with Crippen LogP contribution < -0.4 is 5.32 Å². The Morgan fingerprint density at radius 1 is 1.55 bits per heavy atom. The van der Waals surface area contributed by atoms with Crippen LogP contribution in [0.2, 0.25) is 0 Å². The van der Waals surface area contributed by atoms with E-state index in [9.17, 15) is 14.7 Å². The normalized spacial score (nSPS) is 27.6. The molecule has 0 aromatic carbocycles. The van der Waals surface area contributed by atoms with Crippen LogP contribution in [-0.2, 0) is 9.53 Å². The molecular formula is C14H20N2O4. The fourth-order valence-corrected chi connectivity index (χ4v) is 2.77. The number of hydrogen-bond acceptors (Lipinski definition) is 3. The van der Waals surface area contributed by atoms with E-state index in [1.807, 2.05) is 6.92 Å². The second-order valence-electron chi connectivity index (χ2n) is 5.62. The number of amides is 1. The number of hydrogen-bond donors (Lipinski definition) is 3. The maximum atomic E-state index is 12.1. The summed E-state index contributed by atoms with van der Waals surface area (Å²) in [5.74, 6) is -1.45. The van der Waals surface area contributed by atoms with E-state index in [-0.39, 0.29) is 12.5 Å². The Morgan fingerprint density at radius 3 is 2.70 bits per heavy atom. The van der Waals surface area contributed by atoms with Crippen LogP contribution in [0.25, 0.3) is 0 Å². The summed E-state index contributed by atoms with van der Waals surface area (Å²) in [5.41, 5.74) is -1.62. The third-order valence-corrected chi connectivity index (χ3v) is 4.30. The minimum atomic E-state index is -1.30. The van der Waals surface area contributed by atoms with Gasteiger partial charge in [-0.1, -0.05) is 13.8 Å². The number of carbonyl (C=O) groups is 2. The van der Waals surface area contributed by atoms with Crippen LogP contribution >= 0.6 is 0 Å². The average molecular weight is 280 g/mol. The molecule has 1 aromatic rings. The van der Waals surface area contributed by atoms with Gasteiger partial charge in [-0.3, -0.25) is 4.79 Å². The number of ether oxygens (including phenoxy) is 1. The first-order chi connectivity index (χ1) is 9.35. The molecule has 1 aliphatic rings. The smallest absolute Gasteiger partial charge is 0.330 e. The van der Waals surface area contributed by atoms with Gasteiger partial charge in [-0.15, -0.1) is 0 Å². The zero-order valence-electron chi connectivity index (χ0n) is 11.9. The van der Waals surface area contributed by atoms with Gasteiger partial charge in [0.15, 0.2) is 0 Å². The van der Waals surface area contributed by atoms with Crippen molar-refractivity contribution in [1.29, 1.82) is 0 Å². The standard InChI is InChI=1S/C14H20N2O4/c1-4-20-10-8-14(12(18)19,13(10,2)3)16-11(17)9-6-5-7-15-9/h5-7,10,15H,4,8H2,1-3H3,(H,16,17)(H,18,19). The van der Waals surface area contributed by atoms with Gasteiger partial charge in [0, 0.05) is 24.6 Å². The summed E-state index contributed by atoms with van der Waals surface area (Å²) in [5, 5.41) is 12.2. The lowest BCUT2D eigenvalue weighted by Gasteiger charge is -2.58. The Labute approximate surface area is 117 Å². The molecule has 1 amide bonds. The Balaban J connectivity index is 2.21. The van der Waals surface area contributed by atoms with Crippen molar-refractivity contribution in [3.8, 4) is 0 Å². The molecule has 3 N–H and O–H groups in total. The summed E-state index contributed by atoms with van der Waals surface area (Å²) in [6.45, 7) is 6.00. The van der Waals surface area contributed by atoms with Crippen molar-refractivity contribution in [1.82, 2.24) is 10.3 Å². The van der Waals surface area contributed by atoms with Crippen LogP contribution in [0.3, 0.4) is 0 Å². The quantitative estimate of drug-likeness (QED) is 0.760.